The van der Waals surface area contributed by atoms with Gasteiger partial charge >= 0.3 is 0 Å². The van der Waals surface area contributed by atoms with Crippen molar-refractivity contribution in [2.45, 2.75) is 0 Å². The second kappa shape index (κ2) is 4.68. The van der Waals surface area contributed by atoms with Crippen molar-refractivity contribution in [3.63, 3.8) is 0 Å². The third-order valence-electron chi connectivity index (χ3n) is 1.74. The van der Waals surface area contributed by atoms with Crippen LogP contribution in [-0.2, 0) is 0 Å². The molecule has 88 valence electrons. The molecule has 2 aromatic rings. The number of nitrogens with two attached hydrogens (primary N) is 1. The average Bonchev–Trinajstić information content (AvgIpc) is 2.13. The second-order valence-electron chi connectivity index (χ2n) is 3.07. The summed E-state index contributed by atoms with van der Waals surface area (Å²) >= 11 is 11.3. The summed E-state index contributed by atoms with van der Waals surface area (Å²) in [6.07, 6.45) is 0. The van der Waals surface area contributed by atoms with Gasteiger partial charge in [-0.05, 0) is 29.8 Å². The number of halogens is 3. The molecule has 0 spiro atoms. The summed E-state index contributed by atoms with van der Waals surface area (Å²) in [6.45, 7) is 0. The van der Waals surface area contributed by atoms with Crippen LogP contribution in [0.3, 0.4) is 0 Å². The molecule has 1 aromatic heterocycles. The Kier molecular flexibility index (Phi) is 3.26. The Hall–Kier alpha value is -1.66. The van der Waals surface area contributed by atoms with Crippen LogP contribution in [0.5, 0.6) is 0 Å². The van der Waals surface area contributed by atoms with Gasteiger partial charge in [0.2, 0.25) is 17.2 Å². The van der Waals surface area contributed by atoms with Crippen LogP contribution in [0, 0.1) is 5.82 Å². The molecule has 0 bridgehead atoms. The van der Waals surface area contributed by atoms with Crippen molar-refractivity contribution < 1.29 is 4.39 Å². The molecule has 0 fully saturated rings. The first-order valence-electron chi connectivity index (χ1n) is 4.43. The fourth-order valence-electron chi connectivity index (χ4n) is 1.18. The quantitative estimate of drug-likeness (QED) is 0.880. The highest BCUT2D eigenvalue weighted by Gasteiger charge is 2.04. The summed E-state index contributed by atoms with van der Waals surface area (Å²) in [5.74, 6) is -0.396. The van der Waals surface area contributed by atoms with Gasteiger partial charge in [0.25, 0.3) is 0 Å². The van der Waals surface area contributed by atoms with Crippen LogP contribution in [0.4, 0.5) is 22.0 Å². The molecule has 0 saturated carbocycles. The minimum absolute atomic E-state index is 0.0324. The molecule has 0 saturated heterocycles. The van der Waals surface area contributed by atoms with E-state index in [0.717, 1.165) is 0 Å². The van der Waals surface area contributed by atoms with E-state index < -0.39 is 5.82 Å². The summed E-state index contributed by atoms with van der Waals surface area (Å²) in [5, 5.41) is 2.91. The van der Waals surface area contributed by atoms with Gasteiger partial charge in [-0.1, -0.05) is 11.6 Å². The number of anilines is 3. The van der Waals surface area contributed by atoms with E-state index in [0.29, 0.717) is 5.69 Å². The number of rotatable bonds is 2. The molecule has 2 rings (SSSR count). The van der Waals surface area contributed by atoms with Gasteiger partial charge in [0.1, 0.15) is 5.82 Å². The number of hydrogen-bond donors (Lipinski definition) is 2. The van der Waals surface area contributed by atoms with Crippen molar-refractivity contribution in [1.82, 2.24) is 15.0 Å². The van der Waals surface area contributed by atoms with Gasteiger partial charge in [-0.15, -0.1) is 0 Å². The topological polar surface area (TPSA) is 76.7 Å². The van der Waals surface area contributed by atoms with Crippen molar-refractivity contribution in [1.29, 1.82) is 0 Å². The van der Waals surface area contributed by atoms with Gasteiger partial charge in [-0.3, -0.25) is 0 Å². The Bertz CT molecular complexity index is 473. The molecule has 0 aliphatic carbocycles. The lowest BCUT2D eigenvalue weighted by atomic mass is 10.3. The van der Waals surface area contributed by atoms with Crippen LogP contribution in [0.2, 0.25) is 10.3 Å². The maximum Gasteiger partial charge on any atom is 0.233 e. The van der Waals surface area contributed by atoms with E-state index in [2.05, 4.69) is 20.3 Å². The minimum Gasteiger partial charge on any atom is -0.368 e. The zero-order valence-corrected chi connectivity index (χ0v) is 9.80. The summed E-state index contributed by atoms with van der Waals surface area (Å²) in [7, 11) is 0. The molecule has 0 radical (unpaired) electrons. The van der Waals surface area contributed by atoms with E-state index in [1.54, 1.807) is 0 Å². The highest BCUT2D eigenvalue weighted by atomic mass is 35.5. The third-order valence-corrected chi connectivity index (χ3v) is 2.13. The van der Waals surface area contributed by atoms with E-state index >= 15 is 0 Å². The van der Waals surface area contributed by atoms with Gasteiger partial charge < -0.3 is 11.1 Å². The zero-order chi connectivity index (χ0) is 12.4. The number of aromatic nitrogens is 3. The Labute approximate surface area is 106 Å². The standard InChI is InChI=1S/C9H6Cl2FN5/c10-4-1-5(12)3-6(2-4)14-9-16-7(11)15-8(13)17-9/h1-3H,(H3,13,14,15,16,17). The van der Waals surface area contributed by atoms with Gasteiger partial charge in [0.15, 0.2) is 0 Å². The van der Waals surface area contributed by atoms with Crippen molar-refractivity contribution in [3.8, 4) is 0 Å². The van der Waals surface area contributed by atoms with Crippen LogP contribution in [0.15, 0.2) is 18.2 Å². The highest BCUT2D eigenvalue weighted by Crippen LogP contribution is 2.21. The fourth-order valence-corrected chi connectivity index (χ4v) is 1.56. The highest BCUT2D eigenvalue weighted by molar-refractivity contribution is 6.30. The van der Waals surface area contributed by atoms with Gasteiger partial charge in [-0.25, -0.2) is 4.39 Å². The lowest BCUT2D eigenvalue weighted by Gasteiger charge is -2.05. The second-order valence-corrected chi connectivity index (χ2v) is 3.84. The summed E-state index contributed by atoms with van der Waals surface area (Å²) in [5.41, 5.74) is 5.77. The lowest BCUT2D eigenvalue weighted by molar-refractivity contribution is 0.628. The van der Waals surface area contributed by atoms with Crippen molar-refractivity contribution >= 4 is 40.8 Å². The maximum atomic E-state index is 13.1. The van der Waals surface area contributed by atoms with Gasteiger partial charge in [-0.2, -0.15) is 15.0 Å². The minimum atomic E-state index is -0.479. The largest absolute Gasteiger partial charge is 0.368 e. The Morgan fingerprint density at radius 2 is 1.88 bits per heavy atom. The van der Waals surface area contributed by atoms with Crippen LogP contribution in [0.1, 0.15) is 0 Å². The number of benzene rings is 1. The van der Waals surface area contributed by atoms with Crippen LogP contribution in [-0.4, -0.2) is 15.0 Å². The monoisotopic (exact) mass is 273 g/mol. The number of hydrogen-bond acceptors (Lipinski definition) is 5. The molecule has 0 aliphatic heterocycles. The first-order valence-corrected chi connectivity index (χ1v) is 5.19. The molecular weight excluding hydrogens is 268 g/mol. The van der Waals surface area contributed by atoms with E-state index in [1.165, 1.54) is 18.2 Å². The lowest BCUT2D eigenvalue weighted by Crippen LogP contribution is -2.03. The Balaban J connectivity index is 2.31. The molecule has 0 atom stereocenters. The van der Waals surface area contributed by atoms with E-state index in [4.69, 9.17) is 28.9 Å². The predicted molar refractivity (Wildman–Crippen MR) is 63.9 cm³/mol. The number of nitrogens with one attached hydrogen (secondary N) is 1. The van der Waals surface area contributed by atoms with E-state index in [1.807, 2.05) is 0 Å². The smallest absolute Gasteiger partial charge is 0.233 e. The van der Waals surface area contributed by atoms with Gasteiger partial charge in [0, 0.05) is 10.7 Å². The molecule has 8 heteroatoms. The SMILES string of the molecule is Nc1nc(Cl)nc(Nc2cc(F)cc(Cl)c2)n1. The van der Waals surface area contributed by atoms with Crippen LogP contribution in [0.25, 0.3) is 0 Å². The average molecular weight is 274 g/mol. The van der Waals surface area contributed by atoms with E-state index in [-0.39, 0.29) is 22.2 Å². The normalized spacial score (nSPS) is 10.3. The number of nitrogen functional groups attached to an aromatic ring is 1. The first kappa shape index (κ1) is 11.8. The Morgan fingerprint density at radius 3 is 2.53 bits per heavy atom. The predicted octanol–water partition coefficient (Wildman–Crippen LogP) is 2.64. The van der Waals surface area contributed by atoms with Crippen LogP contribution < -0.4 is 11.1 Å². The van der Waals surface area contributed by atoms with Gasteiger partial charge in [0.05, 0.1) is 0 Å². The maximum absolute atomic E-state index is 13.1. The van der Waals surface area contributed by atoms with E-state index in [9.17, 15) is 4.39 Å². The molecular formula is C9H6Cl2FN5. The fraction of sp³-hybridized carbons (Fsp3) is 0. The molecule has 5 nitrogen and oxygen atoms in total. The van der Waals surface area contributed by atoms with Crippen molar-refractivity contribution in [3.05, 3.63) is 34.3 Å². The summed E-state index contributed by atoms with van der Waals surface area (Å²) < 4.78 is 13.1. The molecule has 0 unspecified atom stereocenters. The first-order chi connectivity index (χ1) is 8.02. The molecule has 1 aromatic carbocycles. The van der Waals surface area contributed by atoms with Crippen LogP contribution >= 0.6 is 23.2 Å². The van der Waals surface area contributed by atoms with Crippen molar-refractivity contribution in [2.24, 2.45) is 0 Å². The Morgan fingerprint density at radius 1 is 1.12 bits per heavy atom. The zero-order valence-electron chi connectivity index (χ0n) is 8.28. The molecule has 0 aliphatic rings. The molecule has 17 heavy (non-hydrogen) atoms. The third kappa shape index (κ3) is 3.15. The number of nitrogens with zero attached hydrogens (tertiary/aromatic N) is 3. The summed E-state index contributed by atoms with van der Waals surface area (Å²) in [4.78, 5) is 11.2. The molecule has 1 heterocycles. The summed E-state index contributed by atoms with van der Waals surface area (Å²) in [6, 6.07) is 3.93. The molecule has 0 amide bonds. The molecule has 3 N–H and O–H groups in total. The van der Waals surface area contributed by atoms with Crippen molar-refractivity contribution in [2.75, 3.05) is 11.1 Å².